The first-order valence-corrected chi connectivity index (χ1v) is 5.31. The van der Waals surface area contributed by atoms with Gasteiger partial charge in [0.25, 0.3) is 0 Å². The third-order valence-electron chi connectivity index (χ3n) is 2.82. The number of aromatic nitrogens is 2. The van der Waals surface area contributed by atoms with Crippen LogP contribution in [0.25, 0.3) is 22.0 Å². The van der Waals surface area contributed by atoms with Crippen LogP contribution < -0.4 is 0 Å². The van der Waals surface area contributed by atoms with Crippen LogP contribution >= 0.6 is 0 Å². The molecule has 0 aliphatic rings. The molecular formula is C14H9N3. The number of nitrogens with one attached hydrogen (secondary N) is 1. The summed E-state index contributed by atoms with van der Waals surface area (Å²) in [5.74, 6) is 0. The largest absolute Gasteiger partial charge is 0.361 e. The second-order valence-electron chi connectivity index (χ2n) is 3.78. The predicted molar refractivity (Wildman–Crippen MR) is 66.2 cm³/mol. The summed E-state index contributed by atoms with van der Waals surface area (Å²) in [5.41, 5.74) is 3.62. The van der Waals surface area contributed by atoms with Crippen molar-refractivity contribution in [3.8, 4) is 17.2 Å². The van der Waals surface area contributed by atoms with Crippen molar-refractivity contribution >= 4 is 10.9 Å². The summed E-state index contributed by atoms with van der Waals surface area (Å²) in [6.45, 7) is 0. The quantitative estimate of drug-likeness (QED) is 0.683. The lowest BCUT2D eigenvalue weighted by molar-refractivity contribution is 1.30. The maximum absolute atomic E-state index is 9.09. The van der Waals surface area contributed by atoms with E-state index in [2.05, 4.69) is 16.0 Å². The second kappa shape index (κ2) is 3.76. The first kappa shape index (κ1) is 9.61. The molecule has 0 unspecified atom stereocenters. The molecular weight excluding hydrogens is 210 g/mol. The van der Waals surface area contributed by atoms with Gasteiger partial charge in [-0.1, -0.05) is 18.2 Å². The molecule has 0 radical (unpaired) electrons. The van der Waals surface area contributed by atoms with Crippen LogP contribution in [0, 0.1) is 11.3 Å². The maximum atomic E-state index is 9.09. The Balaban J connectivity index is 2.32. The van der Waals surface area contributed by atoms with E-state index in [1.165, 1.54) is 0 Å². The van der Waals surface area contributed by atoms with Crippen molar-refractivity contribution in [1.82, 2.24) is 9.97 Å². The summed E-state index contributed by atoms with van der Waals surface area (Å²) in [6.07, 6.45) is 5.23. The maximum Gasteiger partial charge on any atom is 0.101 e. The van der Waals surface area contributed by atoms with E-state index >= 15 is 0 Å². The molecule has 3 aromatic rings. The Morgan fingerprint density at radius 1 is 1.12 bits per heavy atom. The Labute approximate surface area is 98.4 Å². The van der Waals surface area contributed by atoms with E-state index in [1.807, 2.05) is 36.5 Å². The van der Waals surface area contributed by atoms with Crippen LogP contribution in [0.4, 0.5) is 0 Å². The Bertz CT molecular complexity index is 719. The average molecular weight is 219 g/mol. The third kappa shape index (κ3) is 1.47. The molecule has 0 saturated carbocycles. The van der Waals surface area contributed by atoms with Crippen molar-refractivity contribution in [2.75, 3.05) is 0 Å². The molecule has 1 N–H and O–H groups in total. The van der Waals surface area contributed by atoms with E-state index in [0.717, 1.165) is 22.0 Å². The molecule has 0 fully saturated rings. The second-order valence-corrected chi connectivity index (χ2v) is 3.78. The molecule has 0 saturated heterocycles. The van der Waals surface area contributed by atoms with Crippen LogP contribution in [0.5, 0.6) is 0 Å². The highest BCUT2D eigenvalue weighted by atomic mass is 14.7. The molecule has 0 aliphatic heterocycles. The van der Waals surface area contributed by atoms with E-state index in [4.69, 9.17) is 5.26 Å². The fourth-order valence-electron chi connectivity index (χ4n) is 2.01. The van der Waals surface area contributed by atoms with Crippen LogP contribution in [0.1, 0.15) is 5.56 Å². The van der Waals surface area contributed by atoms with Crippen LogP contribution in [0.15, 0.2) is 48.9 Å². The normalized spacial score (nSPS) is 10.3. The number of nitrogens with zero attached hydrogens (tertiary/aromatic N) is 2. The predicted octanol–water partition coefficient (Wildman–Crippen LogP) is 3.10. The molecule has 0 atom stereocenters. The molecule has 2 aromatic heterocycles. The summed E-state index contributed by atoms with van der Waals surface area (Å²) in [6, 6.07) is 12.1. The minimum Gasteiger partial charge on any atom is -0.361 e. The average Bonchev–Trinajstić information content (AvgIpc) is 2.82. The Morgan fingerprint density at radius 3 is 2.88 bits per heavy atom. The van der Waals surface area contributed by atoms with Gasteiger partial charge in [0.15, 0.2) is 0 Å². The van der Waals surface area contributed by atoms with Gasteiger partial charge in [-0.15, -0.1) is 0 Å². The molecule has 2 heterocycles. The number of fused-ring (bicyclic) bond motifs is 1. The zero-order valence-corrected chi connectivity index (χ0v) is 9.01. The van der Waals surface area contributed by atoms with Gasteiger partial charge in [0.1, 0.15) is 6.07 Å². The Kier molecular flexibility index (Phi) is 2.13. The van der Waals surface area contributed by atoms with Crippen LogP contribution in [-0.4, -0.2) is 9.97 Å². The van der Waals surface area contributed by atoms with Gasteiger partial charge in [-0.05, 0) is 12.1 Å². The lowest BCUT2D eigenvalue weighted by Gasteiger charge is -2.01. The number of pyridine rings is 1. The van der Waals surface area contributed by atoms with Crippen LogP contribution in [0.2, 0.25) is 0 Å². The molecule has 1 aromatic carbocycles. The number of hydrogen-bond acceptors (Lipinski definition) is 2. The van der Waals surface area contributed by atoms with Gasteiger partial charge in [0.2, 0.25) is 0 Å². The van der Waals surface area contributed by atoms with E-state index in [9.17, 15) is 0 Å². The molecule has 0 bridgehead atoms. The van der Waals surface area contributed by atoms with Gasteiger partial charge >= 0.3 is 0 Å². The fourth-order valence-corrected chi connectivity index (χ4v) is 2.01. The van der Waals surface area contributed by atoms with Crippen molar-refractivity contribution in [2.45, 2.75) is 0 Å². The number of rotatable bonds is 1. The highest BCUT2D eigenvalue weighted by Gasteiger charge is 2.09. The minimum atomic E-state index is 0.595. The number of aromatic amines is 1. The van der Waals surface area contributed by atoms with Gasteiger partial charge in [0.05, 0.1) is 5.56 Å². The van der Waals surface area contributed by atoms with Crippen LogP contribution in [-0.2, 0) is 0 Å². The van der Waals surface area contributed by atoms with E-state index < -0.39 is 0 Å². The summed E-state index contributed by atoms with van der Waals surface area (Å²) >= 11 is 0. The lowest BCUT2D eigenvalue weighted by Crippen LogP contribution is -1.84. The monoisotopic (exact) mass is 219 g/mol. The number of nitriles is 1. The van der Waals surface area contributed by atoms with Crippen molar-refractivity contribution in [2.24, 2.45) is 0 Å². The van der Waals surface area contributed by atoms with E-state index in [-0.39, 0.29) is 0 Å². The number of benzene rings is 1. The van der Waals surface area contributed by atoms with Gasteiger partial charge in [-0.25, -0.2) is 0 Å². The van der Waals surface area contributed by atoms with Gasteiger partial charge in [-0.2, -0.15) is 5.26 Å². The zero-order chi connectivity index (χ0) is 11.7. The lowest BCUT2D eigenvalue weighted by atomic mass is 10.0. The van der Waals surface area contributed by atoms with Crippen molar-refractivity contribution in [1.29, 1.82) is 5.26 Å². The Hall–Kier alpha value is -2.60. The fraction of sp³-hybridized carbons (Fsp3) is 0. The first-order chi connectivity index (χ1) is 8.40. The summed E-state index contributed by atoms with van der Waals surface area (Å²) in [4.78, 5) is 7.18. The molecule has 80 valence electrons. The van der Waals surface area contributed by atoms with Crippen LogP contribution in [0.3, 0.4) is 0 Å². The summed E-state index contributed by atoms with van der Waals surface area (Å²) in [5, 5.41) is 10.2. The number of para-hydroxylation sites is 1. The molecule has 3 heteroatoms. The van der Waals surface area contributed by atoms with Gasteiger partial charge in [0, 0.05) is 40.6 Å². The molecule has 0 spiro atoms. The van der Waals surface area contributed by atoms with Gasteiger partial charge in [-0.3, -0.25) is 4.98 Å². The molecule has 0 amide bonds. The minimum absolute atomic E-state index is 0.595. The molecule has 17 heavy (non-hydrogen) atoms. The molecule has 3 rings (SSSR count). The third-order valence-corrected chi connectivity index (χ3v) is 2.82. The van der Waals surface area contributed by atoms with Gasteiger partial charge < -0.3 is 4.98 Å². The number of H-pyrrole nitrogens is 1. The summed E-state index contributed by atoms with van der Waals surface area (Å²) in [7, 11) is 0. The standard InChI is InChI=1S/C14H9N3/c15-7-10-8-16-6-5-11(10)13-9-17-14-4-2-1-3-12(13)14/h1-6,8-9,17H. The van der Waals surface area contributed by atoms with E-state index in [1.54, 1.807) is 12.4 Å². The van der Waals surface area contributed by atoms with E-state index in [0.29, 0.717) is 5.56 Å². The Morgan fingerprint density at radius 2 is 2.00 bits per heavy atom. The molecule has 0 aliphatic carbocycles. The highest BCUT2D eigenvalue weighted by molar-refractivity contribution is 5.96. The zero-order valence-electron chi connectivity index (χ0n) is 9.01. The SMILES string of the molecule is N#Cc1cnccc1-c1c[nH]c2ccccc12. The van der Waals surface area contributed by atoms with Crippen molar-refractivity contribution in [3.63, 3.8) is 0 Å². The number of hydrogen-bond donors (Lipinski definition) is 1. The summed E-state index contributed by atoms with van der Waals surface area (Å²) < 4.78 is 0. The first-order valence-electron chi connectivity index (χ1n) is 5.31. The van der Waals surface area contributed by atoms with Crippen molar-refractivity contribution in [3.05, 3.63) is 54.5 Å². The molecule has 3 nitrogen and oxygen atoms in total. The van der Waals surface area contributed by atoms with Crippen molar-refractivity contribution < 1.29 is 0 Å². The smallest absolute Gasteiger partial charge is 0.101 e. The highest BCUT2D eigenvalue weighted by Crippen LogP contribution is 2.29. The topological polar surface area (TPSA) is 52.5 Å².